The number of rotatable bonds is 9. The van der Waals surface area contributed by atoms with Gasteiger partial charge in [0.1, 0.15) is 12.1 Å². The van der Waals surface area contributed by atoms with Gasteiger partial charge in [0.2, 0.25) is 0 Å². The molecule has 1 unspecified atom stereocenters. The first kappa shape index (κ1) is 18.3. The van der Waals surface area contributed by atoms with Crippen molar-refractivity contribution in [2.75, 3.05) is 19.6 Å². The number of hydrogen-bond donors (Lipinski definition) is 1. The number of nitrogens with zero attached hydrogens (tertiary/aromatic N) is 2. The van der Waals surface area contributed by atoms with Crippen LogP contribution in [0, 0.1) is 5.82 Å². The second-order valence-electron chi connectivity index (χ2n) is 6.01. The summed E-state index contributed by atoms with van der Waals surface area (Å²) < 4.78 is 13.0. The largest absolute Gasteiger partial charge is 0.389 e. The van der Waals surface area contributed by atoms with Gasteiger partial charge < -0.3 is 10.1 Å². The van der Waals surface area contributed by atoms with Crippen LogP contribution in [0.25, 0.3) is 5.57 Å². The predicted octanol–water partition coefficient (Wildman–Crippen LogP) is 3.17. The van der Waals surface area contributed by atoms with Crippen molar-refractivity contribution in [3.63, 3.8) is 0 Å². The fourth-order valence-corrected chi connectivity index (χ4v) is 2.92. The smallest absolute Gasteiger partial charge is 0.141 e. The number of carbonyl (C=O) groups is 1. The molecule has 1 aliphatic rings. The Morgan fingerprint density at radius 3 is 3.08 bits per heavy atom. The van der Waals surface area contributed by atoms with Crippen LogP contribution >= 0.6 is 0 Å². The molecule has 1 saturated heterocycles. The Labute approximate surface area is 143 Å². The molecule has 5 heteroatoms. The first-order chi connectivity index (χ1) is 11.7. The lowest BCUT2D eigenvalue weighted by Gasteiger charge is -2.21. The maximum atomic E-state index is 13.0. The number of pyridine rings is 1. The molecule has 1 aromatic rings. The van der Waals surface area contributed by atoms with Gasteiger partial charge in [-0.2, -0.15) is 0 Å². The topological polar surface area (TPSA) is 45.2 Å². The Balaban J connectivity index is 1.93. The third-order valence-electron chi connectivity index (χ3n) is 4.22. The zero-order valence-corrected chi connectivity index (χ0v) is 14.2. The van der Waals surface area contributed by atoms with Gasteiger partial charge in [0.15, 0.2) is 0 Å². The molecule has 1 aromatic heterocycles. The summed E-state index contributed by atoms with van der Waals surface area (Å²) in [5.74, 6) is -0.327. The van der Waals surface area contributed by atoms with Crippen molar-refractivity contribution in [1.29, 1.82) is 0 Å². The van der Waals surface area contributed by atoms with Crippen molar-refractivity contribution in [2.45, 2.75) is 38.6 Å². The maximum Gasteiger partial charge on any atom is 0.141 e. The minimum Gasteiger partial charge on any atom is -0.389 e. The molecule has 1 atom stereocenters. The van der Waals surface area contributed by atoms with E-state index in [4.69, 9.17) is 0 Å². The van der Waals surface area contributed by atoms with E-state index in [0.29, 0.717) is 12.6 Å². The summed E-state index contributed by atoms with van der Waals surface area (Å²) in [4.78, 5) is 17.1. The summed E-state index contributed by atoms with van der Waals surface area (Å²) in [6.07, 6.45) is 12.5. The van der Waals surface area contributed by atoms with Crippen molar-refractivity contribution in [2.24, 2.45) is 0 Å². The number of allylic oxidation sites excluding steroid dienone is 3. The number of likely N-dealkylation sites (tertiary alicyclic amines) is 1. The van der Waals surface area contributed by atoms with Gasteiger partial charge in [-0.05, 0) is 55.8 Å². The second-order valence-corrected chi connectivity index (χ2v) is 6.01. The van der Waals surface area contributed by atoms with E-state index in [2.05, 4.69) is 28.2 Å². The highest BCUT2D eigenvalue weighted by Crippen LogP contribution is 2.16. The number of halogens is 1. The van der Waals surface area contributed by atoms with E-state index >= 15 is 0 Å². The first-order valence-corrected chi connectivity index (χ1v) is 8.64. The number of aromatic nitrogens is 1. The molecule has 2 rings (SSSR count). The summed E-state index contributed by atoms with van der Waals surface area (Å²) in [6, 6.07) is 3.54. The van der Waals surface area contributed by atoms with Gasteiger partial charge in [-0.3, -0.25) is 9.88 Å². The number of aldehydes is 1. The van der Waals surface area contributed by atoms with Crippen molar-refractivity contribution in [3.8, 4) is 0 Å². The Hall–Kier alpha value is -2.01. The number of nitrogens with one attached hydrogen (secondary N) is 1. The highest BCUT2D eigenvalue weighted by molar-refractivity contribution is 5.71. The minimum absolute atomic E-state index is 0.327. The predicted molar refractivity (Wildman–Crippen MR) is 94.9 cm³/mol. The quantitative estimate of drug-likeness (QED) is 0.558. The van der Waals surface area contributed by atoms with E-state index in [0.717, 1.165) is 56.3 Å². The molecule has 1 fully saturated rings. The van der Waals surface area contributed by atoms with Gasteiger partial charge in [-0.1, -0.05) is 19.4 Å². The van der Waals surface area contributed by atoms with Gasteiger partial charge in [-0.15, -0.1) is 0 Å². The average Bonchev–Trinajstić information content (AvgIpc) is 3.03. The average molecular weight is 331 g/mol. The van der Waals surface area contributed by atoms with Crippen LogP contribution < -0.4 is 5.32 Å². The van der Waals surface area contributed by atoms with E-state index < -0.39 is 0 Å². The van der Waals surface area contributed by atoms with Crippen LogP contribution in [0.3, 0.4) is 0 Å². The van der Waals surface area contributed by atoms with Crippen LogP contribution in [0.15, 0.2) is 36.7 Å². The van der Waals surface area contributed by atoms with Crippen LogP contribution in [0.5, 0.6) is 0 Å². The van der Waals surface area contributed by atoms with Gasteiger partial charge >= 0.3 is 0 Å². The van der Waals surface area contributed by atoms with Crippen molar-refractivity contribution in [1.82, 2.24) is 15.2 Å². The van der Waals surface area contributed by atoms with E-state index in [-0.39, 0.29) is 5.82 Å². The monoisotopic (exact) mass is 331 g/mol. The molecule has 130 valence electrons. The molecule has 24 heavy (non-hydrogen) atoms. The Bertz CT molecular complexity index is 568. The molecule has 0 spiro atoms. The van der Waals surface area contributed by atoms with E-state index in [9.17, 15) is 9.18 Å². The van der Waals surface area contributed by atoms with Crippen molar-refractivity contribution >= 4 is 11.9 Å². The molecule has 0 radical (unpaired) electrons. The fourth-order valence-electron chi connectivity index (χ4n) is 2.92. The molecule has 1 N–H and O–H groups in total. The molecule has 0 aliphatic carbocycles. The normalized spacial score (nSPS) is 19.1. The van der Waals surface area contributed by atoms with Gasteiger partial charge in [0, 0.05) is 12.6 Å². The summed E-state index contributed by atoms with van der Waals surface area (Å²) >= 11 is 0. The summed E-state index contributed by atoms with van der Waals surface area (Å²) in [7, 11) is 0. The Kier molecular flexibility index (Phi) is 7.62. The number of unbranched alkanes of at least 4 members (excludes halogenated alkanes) is 1. The molecule has 1 aliphatic heterocycles. The molecule has 4 nitrogen and oxygen atoms in total. The van der Waals surface area contributed by atoms with E-state index in [1.165, 1.54) is 12.3 Å². The fraction of sp³-hybridized carbons (Fsp3) is 0.474. The van der Waals surface area contributed by atoms with Crippen LogP contribution in [0.1, 0.15) is 38.3 Å². The van der Waals surface area contributed by atoms with Crippen LogP contribution in [-0.4, -0.2) is 41.8 Å². The molecule has 0 bridgehead atoms. The standard InChI is InChI=1S/C19H26FN3O/c1-2-3-5-16(19-8-7-17(20)14-22-19)9-10-21-15-18-6-4-11-23(18)12-13-24/h5,7-10,13-14,18,21H,2-4,6,11-12,15H2,1H3/b10-9-,16-5-. The summed E-state index contributed by atoms with van der Waals surface area (Å²) in [5.41, 5.74) is 1.76. The molecule has 0 aromatic carbocycles. The highest BCUT2D eigenvalue weighted by atomic mass is 19.1. The second kappa shape index (κ2) is 9.98. The summed E-state index contributed by atoms with van der Waals surface area (Å²) in [6.45, 7) is 4.45. The van der Waals surface area contributed by atoms with Gasteiger partial charge in [0.05, 0.1) is 18.4 Å². The van der Waals surface area contributed by atoms with Crippen molar-refractivity contribution < 1.29 is 9.18 Å². The first-order valence-electron chi connectivity index (χ1n) is 8.64. The van der Waals surface area contributed by atoms with E-state index in [1.807, 2.05) is 12.3 Å². The summed E-state index contributed by atoms with van der Waals surface area (Å²) in [5, 5.41) is 3.32. The molecular formula is C19H26FN3O. The van der Waals surface area contributed by atoms with Gasteiger partial charge in [-0.25, -0.2) is 4.39 Å². The maximum absolute atomic E-state index is 13.0. The lowest BCUT2D eigenvalue weighted by atomic mass is 10.1. The third-order valence-corrected chi connectivity index (χ3v) is 4.22. The van der Waals surface area contributed by atoms with Gasteiger partial charge in [0.25, 0.3) is 0 Å². The van der Waals surface area contributed by atoms with Crippen molar-refractivity contribution in [3.05, 3.63) is 48.2 Å². The van der Waals surface area contributed by atoms with Crippen LogP contribution in [-0.2, 0) is 4.79 Å². The zero-order valence-electron chi connectivity index (χ0n) is 14.2. The van der Waals surface area contributed by atoms with Crippen LogP contribution in [0.2, 0.25) is 0 Å². The SMILES string of the molecule is CCC/C=C(/C=C\NCC1CCCN1CC=O)c1ccc(F)cn1. The highest BCUT2D eigenvalue weighted by Gasteiger charge is 2.22. The Morgan fingerprint density at radius 2 is 2.38 bits per heavy atom. The lowest BCUT2D eigenvalue weighted by Crippen LogP contribution is -2.37. The molecule has 0 amide bonds. The number of hydrogen-bond acceptors (Lipinski definition) is 4. The number of carbonyl (C=O) groups excluding carboxylic acids is 1. The zero-order chi connectivity index (χ0) is 17.2. The minimum atomic E-state index is -0.327. The lowest BCUT2D eigenvalue weighted by molar-refractivity contribution is -0.109. The Morgan fingerprint density at radius 1 is 1.50 bits per heavy atom. The van der Waals surface area contributed by atoms with Crippen LogP contribution in [0.4, 0.5) is 4.39 Å². The molecular weight excluding hydrogens is 305 g/mol. The molecule has 0 saturated carbocycles. The third kappa shape index (κ3) is 5.57. The van der Waals surface area contributed by atoms with E-state index in [1.54, 1.807) is 6.07 Å². The molecule has 2 heterocycles.